The molecule has 0 saturated carbocycles. The van der Waals surface area contributed by atoms with E-state index in [0.29, 0.717) is 17.7 Å². The third-order valence-corrected chi connectivity index (χ3v) is 4.54. The third-order valence-electron chi connectivity index (χ3n) is 3.64. The lowest BCUT2D eigenvalue weighted by atomic mass is 10.2. The largest absolute Gasteiger partial charge is 0.332 e. The Balaban J connectivity index is 2.18. The quantitative estimate of drug-likeness (QED) is 0.730. The van der Waals surface area contributed by atoms with E-state index in [0.717, 1.165) is 29.9 Å². The first-order chi connectivity index (χ1) is 10.5. The highest BCUT2D eigenvalue weighted by Crippen LogP contribution is 2.18. The topological polar surface area (TPSA) is 61.8 Å². The van der Waals surface area contributed by atoms with Gasteiger partial charge in [-0.3, -0.25) is 13.9 Å². The molecule has 2 aromatic rings. The van der Waals surface area contributed by atoms with Crippen molar-refractivity contribution in [1.29, 1.82) is 0 Å². The van der Waals surface area contributed by atoms with Gasteiger partial charge in [-0.15, -0.1) is 11.8 Å². The fraction of sp³-hybridized carbons (Fsp3) is 0.533. The summed E-state index contributed by atoms with van der Waals surface area (Å²) in [7, 11) is 3.41. The number of aryl methyl sites for hydroxylation is 2. The molecule has 6 nitrogen and oxygen atoms in total. The number of rotatable bonds is 7. The van der Waals surface area contributed by atoms with Crippen molar-refractivity contribution in [1.82, 2.24) is 18.7 Å². The van der Waals surface area contributed by atoms with Crippen molar-refractivity contribution in [2.75, 3.05) is 5.75 Å². The average Bonchev–Trinajstić information content (AvgIpc) is 2.86. The van der Waals surface area contributed by atoms with Crippen molar-refractivity contribution >= 4 is 22.9 Å². The molecule has 0 radical (unpaired) electrons. The van der Waals surface area contributed by atoms with Crippen molar-refractivity contribution in [2.45, 2.75) is 32.7 Å². The van der Waals surface area contributed by atoms with Gasteiger partial charge in [-0.1, -0.05) is 13.5 Å². The van der Waals surface area contributed by atoms with Gasteiger partial charge in [0.15, 0.2) is 11.2 Å². The number of hydrogen-bond donors (Lipinski definition) is 0. The zero-order valence-electron chi connectivity index (χ0n) is 13.3. The van der Waals surface area contributed by atoms with Gasteiger partial charge in [0.25, 0.3) is 5.56 Å². The molecule has 0 atom stereocenters. The molecule has 2 rings (SSSR count). The number of thioether (sulfide) groups is 1. The summed E-state index contributed by atoms with van der Waals surface area (Å²) in [5.41, 5.74) is 0.326. The molecule has 2 heterocycles. The molecule has 0 aliphatic heterocycles. The van der Waals surface area contributed by atoms with Crippen LogP contribution in [0.4, 0.5) is 0 Å². The maximum Gasteiger partial charge on any atom is 0.332 e. The first kappa shape index (κ1) is 16.6. The first-order valence-electron chi connectivity index (χ1n) is 7.38. The van der Waals surface area contributed by atoms with E-state index in [4.69, 9.17) is 0 Å². The van der Waals surface area contributed by atoms with E-state index in [1.807, 2.05) is 0 Å². The summed E-state index contributed by atoms with van der Waals surface area (Å²) < 4.78 is 4.40. The van der Waals surface area contributed by atoms with Crippen LogP contribution in [0.15, 0.2) is 27.4 Å². The SMILES string of the molecule is C=C(CCCCn1c(=O)c2c(ncn2C)n(C)c1=O)SCC. The third kappa shape index (κ3) is 3.19. The minimum Gasteiger partial charge on any atom is -0.328 e. The fourth-order valence-electron chi connectivity index (χ4n) is 2.46. The maximum atomic E-state index is 12.5. The molecule has 0 bridgehead atoms. The molecule has 7 heteroatoms. The second kappa shape index (κ2) is 7.00. The normalized spacial score (nSPS) is 11.2. The summed E-state index contributed by atoms with van der Waals surface area (Å²) >= 11 is 1.75. The number of imidazole rings is 1. The molecule has 22 heavy (non-hydrogen) atoms. The lowest BCUT2D eigenvalue weighted by molar-refractivity contribution is 0.555. The molecule has 0 saturated heterocycles. The van der Waals surface area contributed by atoms with Crippen molar-refractivity contribution in [3.63, 3.8) is 0 Å². The zero-order chi connectivity index (χ0) is 16.3. The van der Waals surface area contributed by atoms with Crippen LogP contribution in [-0.2, 0) is 20.6 Å². The molecule has 120 valence electrons. The Morgan fingerprint density at radius 3 is 2.73 bits per heavy atom. The standard InChI is InChI=1S/C15H22N4O2S/c1-5-22-11(2)8-6-7-9-19-14(20)12-13(16-10-17(12)3)18(4)15(19)21/h10H,2,5-9H2,1,3-4H3. The van der Waals surface area contributed by atoms with E-state index in [1.54, 1.807) is 36.8 Å². The number of unbranched alkanes of at least 4 members (excludes halogenated alkanes) is 1. The van der Waals surface area contributed by atoms with E-state index >= 15 is 0 Å². The maximum absolute atomic E-state index is 12.5. The zero-order valence-corrected chi connectivity index (χ0v) is 14.2. The van der Waals surface area contributed by atoms with Gasteiger partial charge >= 0.3 is 5.69 Å². The van der Waals surface area contributed by atoms with Crippen LogP contribution < -0.4 is 11.2 Å². The summed E-state index contributed by atoms with van der Waals surface area (Å²) in [5.74, 6) is 1.02. The van der Waals surface area contributed by atoms with Crippen molar-refractivity contribution in [3.8, 4) is 0 Å². The van der Waals surface area contributed by atoms with E-state index in [1.165, 1.54) is 9.13 Å². The predicted octanol–water partition coefficient (Wildman–Crippen LogP) is 1.87. The molecule has 0 aromatic carbocycles. The summed E-state index contributed by atoms with van der Waals surface area (Å²) in [6.45, 7) is 6.53. The number of fused-ring (bicyclic) bond motifs is 1. The van der Waals surface area contributed by atoms with Crippen molar-refractivity contribution in [3.05, 3.63) is 38.6 Å². The lowest BCUT2D eigenvalue weighted by Crippen LogP contribution is -2.39. The molecular weight excluding hydrogens is 300 g/mol. The van der Waals surface area contributed by atoms with Crippen LogP contribution in [0.1, 0.15) is 26.2 Å². The van der Waals surface area contributed by atoms with Gasteiger partial charge in [0.2, 0.25) is 0 Å². The molecular formula is C15H22N4O2S. The van der Waals surface area contributed by atoms with Gasteiger partial charge in [-0.2, -0.15) is 0 Å². The van der Waals surface area contributed by atoms with Crippen molar-refractivity contribution < 1.29 is 0 Å². The van der Waals surface area contributed by atoms with Crippen molar-refractivity contribution in [2.24, 2.45) is 14.1 Å². The van der Waals surface area contributed by atoms with Crippen LogP contribution in [0.2, 0.25) is 0 Å². The smallest absolute Gasteiger partial charge is 0.328 e. The number of nitrogens with zero attached hydrogens (tertiary/aromatic N) is 4. The molecule has 2 aromatic heterocycles. The molecule has 0 fully saturated rings. The van der Waals surface area contributed by atoms with Crippen LogP contribution in [0.25, 0.3) is 11.2 Å². The Bertz CT molecular complexity index is 800. The Hall–Kier alpha value is -1.76. The molecule has 0 unspecified atom stereocenters. The number of aromatic nitrogens is 4. The van der Waals surface area contributed by atoms with Crippen LogP contribution in [0.5, 0.6) is 0 Å². The Labute approximate surface area is 133 Å². The summed E-state index contributed by atoms with van der Waals surface area (Å²) in [6, 6.07) is 0. The fourth-order valence-corrected chi connectivity index (χ4v) is 3.16. The van der Waals surface area contributed by atoms with E-state index in [-0.39, 0.29) is 11.2 Å². The summed E-state index contributed by atoms with van der Waals surface area (Å²) in [6.07, 6.45) is 4.18. The Morgan fingerprint density at radius 1 is 1.32 bits per heavy atom. The van der Waals surface area contributed by atoms with Crippen LogP contribution >= 0.6 is 11.8 Å². The van der Waals surface area contributed by atoms with E-state index < -0.39 is 0 Å². The van der Waals surface area contributed by atoms with Crippen LogP contribution in [0, 0.1) is 0 Å². The molecule has 0 amide bonds. The highest BCUT2D eigenvalue weighted by Gasteiger charge is 2.14. The van der Waals surface area contributed by atoms with Gasteiger partial charge in [0.1, 0.15) is 0 Å². The van der Waals surface area contributed by atoms with Gasteiger partial charge in [0.05, 0.1) is 6.33 Å². The number of hydrogen-bond acceptors (Lipinski definition) is 4. The highest BCUT2D eigenvalue weighted by molar-refractivity contribution is 8.03. The summed E-state index contributed by atoms with van der Waals surface area (Å²) in [5, 5.41) is 0. The molecule has 0 aliphatic carbocycles. The molecule has 0 spiro atoms. The average molecular weight is 322 g/mol. The van der Waals surface area contributed by atoms with E-state index in [9.17, 15) is 9.59 Å². The van der Waals surface area contributed by atoms with Crippen LogP contribution in [-0.4, -0.2) is 24.4 Å². The second-order valence-electron chi connectivity index (χ2n) is 5.25. The van der Waals surface area contributed by atoms with Gasteiger partial charge in [-0.05, 0) is 29.9 Å². The predicted molar refractivity (Wildman–Crippen MR) is 91.3 cm³/mol. The molecule has 0 aliphatic rings. The Kier molecular flexibility index (Phi) is 5.28. The first-order valence-corrected chi connectivity index (χ1v) is 8.37. The van der Waals surface area contributed by atoms with Gasteiger partial charge in [0, 0.05) is 20.6 Å². The number of allylic oxidation sites excluding steroid dienone is 1. The summed E-state index contributed by atoms with van der Waals surface area (Å²) in [4.78, 5) is 30.1. The monoisotopic (exact) mass is 322 g/mol. The van der Waals surface area contributed by atoms with Gasteiger partial charge in [-0.25, -0.2) is 9.78 Å². The van der Waals surface area contributed by atoms with Crippen LogP contribution in [0.3, 0.4) is 0 Å². The Morgan fingerprint density at radius 2 is 2.05 bits per heavy atom. The van der Waals surface area contributed by atoms with E-state index in [2.05, 4.69) is 18.5 Å². The molecule has 0 N–H and O–H groups in total. The second-order valence-corrected chi connectivity index (χ2v) is 6.70. The highest BCUT2D eigenvalue weighted by atomic mass is 32.2. The van der Waals surface area contributed by atoms with Gasteiger partial charge < -0.3 is 4.57 Å². The minimum absolute atomic E-state index is 0.264. The lowest BCUT2D eigenvalue weighted by Gasteiger charge is -2.09. The minimum atomic E-state index is -0.307.